The van der Waals surface area contributed by atoms with E-state index in [4.69, 9.17) is 0 Å². The Morgan fingerprint density at radius 2 is 2.24 bits per heavy atom. The van der Waals surface area contributed by atoms with Gasteiger partial charge in [-0.2, -0.15) is 0 Å². The second-order valence-corrected chi connectivity index (χ2v) is 3.84. The van der Waals surface area contributed by atoms with Crippen LogP contribution in [0.2, 0.25) is 0 Å². The number of carbonyl (C=O) groups excluding carboxylic acids is 1. The van der Waals surface area contributed by atoms with E-state index in [2.05, 4.69) is 10.1 Å². The summed E-state index contributed by atoms with van der Waals surface area (Å²) < 4.78 is 6.23. The molecule has 1 aromatic heterocycles. The van der Waals surface area contributed by atoms with Crippen molar-refractivity contribution < 1.29 is 9.53 Å². The molecule has 0 aliphatic rings. The van der Waals surface area contributed by atoms with Crippen LogP contribution in [0.4, 0.5) is 5.69 Å². The number of aryl methyl sites for hydroxylation is 1. The molecule has 0 saturated heterocycles. The number of hydrogen-bond acceptors (Lipinski definition) is 4. The van der Waals surface area contributed by atoms with Gasteiger partial charge in [0.2, 0.25) is 0 Å². The molecule has 1 N–H and O–H groups in total. The van der Waals surface area contributed by atoms with Gasteiger partial charge in [-0.3, -0.25) is 4.79 Å². The summed E-state index contributed by atoms with van der Waals surface area (Å²) in [4.78, 5) is 22.7. The average molecular weight is 238 g/mol. The molecule has 1 heterocycles. The van der Waals surface area contributed by atoms with Gasteiger partial charge in [0.05, 0.1) is 12.8 Å². The van der Waals surface area contributed by atoms with E-state index in [9.17, 15) is 9.59 Å². The number of aromatic nitrogens is 1. The minimum Gasteiger partial charge on any atom is -0.467 e. The SMILES string of the molecule is CCCn1cc(NC(C)C(=O)OC)ccc1=O. The first-order valence-corrected chi connectivity index (χ1v) is 5.63. The predicted octanol–water partition coefficient (Wildman–Crippen LogP) is 1.23. The van der Waals surface area contributed by atoms with E-state index >= 15 is 0 Å². The van der Waals surface area contributed by atoms with Crippen molar-refractivity contribution in [1.29, 1.82) is 0 Å². The fourth-order valence-electron chi connectivity index (χ4n) is 1.52. The van der Waals surface area contributed by atoms with Gasteiger partial charge in [0.25, 0.3) is 5.56 Å². The van der Waals surface area contributed by atoms with Crippen LogP contribution in [0.15, 0.2) is 23.1 Å². The Morgan fingerprint density at radius 1 is 1.53 bits per heavy atom. The standard InChI is InChI=1S/C12H18N2O3/c1-4-7-14-8-10(5-6-11(14)15)13-9(2)12(16)17-3/h5-6,8-9,13H,4,7H2,1-3H3. The van der Waals surface area contributed by atoms with E-state index in [1.165, 1.54) is 13.2 Å². The Balaban J connectivity index is 2.82. The second-order valence-electron chi connectivity index (χ2n) is 3.84. The minimum atomic E-state index is -0.437. The third-order valence-corrected chi connectivity index (χ3v) is 2.39. The van der Waals surface area contributed by atoms with Crippen LogP contribution >= 0.6 is 0 Å². The minimum absolute atomic E-state index is 0.0388. The molecule has 1 rings (SSSR count). The molecule has 5 nitrogen and oxygen atoms in total. The van der Waals surface area contributed by atoms with Gasteiger partial charge in [0, 0.05) is 18.8 Å². The van der Waals surface area contributed by atoms with Crippen molar-refractivity contribution in [3.05, 3.63) is 28.7 Å². The monoisotopic (exact) mass is 238 g/mol. The molecule has 0 amide bonds. The first-order valence-electron chi connectivity index (χ1n) is 5.63. The molecule has 0 spiro atoms. The number of hydrogen-bond donors (Lipinski definition) is 1. The van der Waals surface area contributed by atoms with Gasteiger partial charge >= 0.3 is 5.97 Å². The Kier molecular flexibility index (Phi) is 4.75. The number of pyridine rings is 1. The molecule has 0 aromatic carbocycles. The molecule has 0 saturated carbocycles. The van der Waals surface area contributed by atoms with Crippen LogP contribution in [-0.2, 0) is 16.1 Å². The van der Waals surface area contributed by atoms with Crippen molar-refractivity contribution in [2.75, 3.05) is 12.4 Å². The van der Waals surface area contributed by atoms with E-state index < -0.39 is 6.04 Å². The van der Waals surface area contributed by atoms with Gasteiger partial charge in [-0.05, 0) is 19.4 Å². The van der Waals surface area contributed by atoms with Crippen LogP contribution in [-0.4, -0.2) is 23.7 Å². The van der Waals surface area contributed by atoms with E-state index in [0.717, 1.165) is 12.1 Å². The molecule has 0 aliphatic heterocycles. The Labute approximate surface area is 100 Å². The number of nitrogens with one attached hydrogen (secondary N) is 1. The van der Waals surface area contributed by atoms with Crippen LogP contribution in [0.25, 0.3) is 0 Å². The van der Waals surface area contributed by atoms with Crippen molar-refractivity contribution in [3.8, 4) is 0 Å². The number of methoxy groups -OCH3 is 1. The fraction of sp³-hybridized carbons (Fsp3) is 0.500. The lowest BCUT2D eigenvalue weighted by molar-refractivity contribution is -0.141. The molecule has 0 radical (unpaired) electrons. The average Bonchev–Trinajstić information content (AvgIpc) is 2.32. The third-order valence-electron chi connectivity index (χ3n) is 2.39. The van der Waals surface area contributed by atoms with Gasteiger partial charge < -0.3 is 14.6 Å². The quantitative estimate of drug-likeness (QED) is 0.784. The summed E-state index contributed by atoms with van der Waals surface area (Å²) in [5, 5.41) is 2.98. The molecule has 1 aromatic rings. The first kappa shape index (κ1) is 13.3. The van der Waals surface area contributed by atoms with Crippen molar-refractivity contribution >= 4 is 11.7 Å². The molecular formula is C12H18N2O3. The lowest BCUT2D eigenvalue weighted by Gasteiger charge is -2.14. The number of carbonyl (C=O) groups is 1. The lowest BCUT2D eigenvalue weighted by atomic mass is 10.3. The molecule has 0 aliphatic carbocycles. The summed E-state index contributed by atoms with van der Waals surface area (Å²) in [5.41, 5.74) is 0.694. The van der Waals surface area contributed by atoms with Crippen molar-refractivity contribution in [2.45, 2.75) is 32.9 Å². The number of rotatable bonds is 5. The van der Waals surface area contributed by atoms with E-state index in [-0.39, 0.29) is 11.5 Å². The van der Waals surface area contributed by atoms with Crippen LogP contribution in [0.3, 0.4) is 0 Å². The van der Waals surface area contributed by atoms with Crippen molar-refractivity contribution in [2.24, 2.45) is 0 Å². The van der Waals surface area contributed by atoms with Crippen molar-refractivity contribution in [3.63, 3.8) is 0 Å². The van der Waals surface area contributed by atoms with Crippen LogP contribution < -0.4 is 10.9 Å². The summed E-state index contributed by atoms with van der Waals surface area (Å²) in [7, 11) is 1.35. The second kappa shape index (κ2) is 6.08. The largest absolute Gasteiger partial charge is 0.467 e. The molecule has 0 fully saturated rings. The van der Waals surface area contributed by atoms with Crippen LogP contribution in [0.1, 0.15) is 20.3 Å². The fourth-order valence-corrected chi connectivity index (χ4v) is 1.52. The smallest absolute Gasteiger partial charge is 0.327 e. The summed E-state index contributed by atoms with van der Waals surface area (Å²) in [6.45, 7) is 4.38. The highest BCUT2D eigenvalue weighted by Crippen LogP contribution is 2.06. The van der Waals surface area contributed by atoms with E-state index in [1.54, 1.807) is 23.8 Å². The number of ether oxygens (including phenoxy) is 1. The zero-order valence-electron chi connectivity index (χ0n) is 10.4. The highest BCUT2D eigenvalue weighted by molar-refractivity contribution is 5.78. The predicted molar refractivity (Wildman–Crippen MR) is 66.1 cm³/mol. The topological polar surface area (TPSA) is 60.3 Å². The summed E-state index contributed by atoms with van der Waals surface area (Å²) in [6.07, 6.45) is 2.60. The maximum Gasteiger partial charge on any atom is 0.327 e. The van der Waals surface area contributed by atoms with Gasteiger partial charge in [0.15, 0.2) is 0 Å². The van der Waals surface area contributed by atoms with E-state index in [1.807, 2.05) is 6.92 Å². The van der Waals surface area contributed by atoms with E-state index in [0.29, 0.717) is 6.54 Å². The van der Waals surface area contributed by atoms with Gasteiger partial charge in [0.1, 0.15) is 6.04 Å². The highest BCUT2D eigenvalue weighted by atomic mass is 16.5. The highest BCUT2D eigenvalue weighted by Gasteiger charge is 2.12. The molecule has 94 valence electrons. The van der Waals surface area contributed by atoms with Crippen molar-refractivity contribution in [1.82, 2.24) is 4.57 Å². The Bertz CT molecular complexity index is 440. The molecule has 1 unspecified atom stereocenters. The Morgan fingerprint density at radius 3 is 2.82 bits per heavy atom. The maximum absolute atomic E-state index is 11.5. The Hall–Kier alpha value is -1.78. The number of nitrogens with zero attached hydrogens (tertiary/aromatic N) is 1. The summed E-state index contributed by atoms with van der Waals surface area (Å²) >= 11 is 0. The van der Waals surface area contributed by atoms with Gasteiger partial charge in [-0.15, -0.1) is 0 Å². The first-order chi connectivity index (χ1) is 8.08. The molecule has 17 heavy (non-hydrogen) atoms. The molecule has 0 bridgehead atoms. The van der Waals surface area contributed by atoms with Gasteiger partial charge in [-0.25, -0.2) is 4.79 Å². The molecule has 5 heteroatoms. The summed E-state index contributed by atoms with van der Waals surface area (Å²) in [5.74, 6) is -0.335. The third kappa shape index (κ3) is 3.62. The van der Waals surface area contributed by atoms with Crippen LogP contribution in [0.5, 0.6) is 0 Å². The zero-order chi connectivity index (χ0) is 12.8. The number of anilines is 1. The zero-order valence-corrected chi connectivity index (χ0v) is 10.4. The normalized spacial score (nSPS) is 11.9. The maximum atomic E-state index is 11.5. The summed E-state index contributed by atoms with van der Waals surface area (Å²) in [6, 6.07) is 2.71. The van der Waals surface area contributed by atoms with Crippen LogP contribution in [0, 0.1) is 0 Å². The van der Waals surface area contributed by atoms with Gasteiger partial charge in [-0.1, -0.05) is 6.92 Å². The number of esters is 1. The molecule has 1 atom stereocenters. The lowest BCUT2D eigenvalue weighted by Crippen LogP contribution is -2.28. The molecular weight excluding hydrogens is 220 g/mol.